The van der Waals surface area contributed by atoms with Gasteiger partial charge in [0.25, 0.3) is 5.91 Å². The molecule has 1 aliphatic heterocycles. The first kappa shape index (κ1) is 20.2. The third-order valence-electron chi connectivity index (χ3n) is 5.23. The Kier molecular flexibility index (Phi) is 6.25. The van der Waals surface area contributed by atoms with Crippen LogP contribution < -0.4 is 10.2 Å². The van der Waals surface area contributed by atoms with Crippen LogP contribution in [0.25, 0.3) is 0 Å². The molecule has 0 aliphatic carbocycles. The van der Waals surface area contributed by atoms with Crippen LogP contribution in [0.3, 0.4) is 0 Å². The highest BCUT2D eigenvalue weighted by molar-refractivity contribution is 6.31. The maximum absolute atomic E-state index is 12.8. The Bertz CT molecular complexity index is 874. The molecule has 5 nitrogen and oxygen atoms in total. The van der Waals surface area contributed by atoms with Gasteiger partial charge in [0, 0.05) is 43.7 Å². The molecule has 3 rings (SSSR count). The number of amides is 2. The molecule has 0 spiro atoms. The Morgan fingerprint density at radius 1 is 1.11 bits per heavy atom. The van der Waals surface area contributed by atoms with Crippen molar-refractivity contribution in [3.8, 4) is 0 Å². The number of hydrogen-bond donors (Lipinski definition) is 1. The van der Waals surface area contributed by atoms with Crippen LogP contribution >= 0.6 is 11.6 Å². The largest absolute Gasteiger partial charge is 0.376 e. The van der Waals surface area contributed by atoms with E-state index in [1.54, 1.807) is 6.07 Å². The van der Waals surface area contributed by atoms with Crippen molar-refractivity contribution in [3.05, 3.63) is 58.6 Å². The van der Waals surface area contributed by atoms with E-state index in [0.29, 0.717) is 36.6 Å². The van der Waals surface area contributed by atoms with Gasteiger partial charge in [-0.2, -0.15) is 0 Å². The number of benzene rings is 2. The van der Waals surface area contributed by atoms with Gasteiger partial charge in [-0.3, -0.25) is 9.59 Å². The van der Waals surface area contributed by atoms with Gasteiger partial charge in [-0.1, -0.05) is 29.8 Å². The Morgan fingerprint density at radius 3 is 2.43 bits per heavy atom. The molecule has 6 heteroatoms. The van der Waals surface area contributed by atoms with Crippen LogP contribution in [0.1, 0.15) is 28.8 Å². The van der Waals surface area contributed by atoms with E-state index >= 15 is 0 Å². The molecule has 0 atom stereocenters. The highest BCUT2D eigenvalue weighted by atomic mass is 35.5. The lowest BCUT2D eigenvalue weighted by molar-refractivity contribution is -0.121. The van der Waals surface area contributed by atoms with Crippen molar-refractivity contribution in [2.45, 2.75) is 19.8 Å². The van der Waals surface area contributed by atoms with Crippen LogP contribution in [0, 0.1) is 12.8 Å². The third kappa shape index (κ3) is 4.47. The Labute approximate surface area is 171 Å². The zero-order valence-corrected chi connectivity index (χ0v) is 17.3. The predicted molar refractivity (Wildman–Crippen MR) is 114 cm³/mol. The van der Waals surface area contributed by atoms with Gasteiger partial charge in [-0.05, 0) is 49.6 Å². The minimum absolute atomic E-state index is 0.0200. The lowest BCUT2D eigenvalue weighted by Crippen LogP contribution is -2.41. The number of anilines is 2. The van der Waals surface area contributed by atoms with Crippen molar-refractivity contribution in [1.29, 1.82) is 0 Å². The summed E-state index contributed by atoms with van der Waals surface area (Å²) in [5.41, 5.74) is 3.33. The van der Waals surface area contributed by atoms with Gasteiger partial charge in [0.05, 0.1) is 11.4 Å². The number of piperidine rings is 1. The van der Waals surface area contributed by atoms with Gasteiger partial charge in [0.15, 0.2) is 0 Å². The molecule has 1 fully saturated rings. The molecule has 0 aromatic heterocycles. The molecule has 0 unspecified atom stereocenters. The molecule has 0 radical (unpaired) electrons. The van der Waals surface area contributed by atoms with Gasteiger partial charge in [-0.25, -0.2) is 0 Å². The van der Waals surface area contributed by atoms with Crippen molar-refractivity contribution in [2.24, 2.45) is 5.92 Å². The smallest absolute Gasteiger partial charge is 0.254 e. The van der Waals surface area contributed by atoms with Crippen molar-refractivity contribution < 1.29 is 9.59 Å². The van der Waals surface area contributed by atoms with E-state index in [0.717, 1.165) is 16.8 Å². The van der Waals surface area contributed by atoms with Gasteiger partial charge < -0.3 is 15.1 Å². The summed E-state index contributed by atoms with van der Waals surface area (Å²) in [5.74, 6) is -0.0926. The van der Waals surface area contributed by atoms with Crippen LogP contribution in [0.15, 0.2) is 42.5 Å². The molecule has 1 aliphatic rings. The molecular weight excluding hydrogens is 374 g/mol. The topological polar surface area (TPSA) is 52.7 Å². The monoisotopic (exact) mass is 399 g/mol. The average molecular weight is 400 g/mol. The number of hydrogen-bond acceptors (Lipinski definition) is 3. The first-order valence-electron chi connectivity index (χ1n) is 9.49. The number of aryl methyl sites for hydroxylation is 1. The molecule has 2 aromatic carbocycles. The summed E-state index contributed by atoms with van der Waals surface area (Å²) in [4.78, 5) is 29.3. The normalized spacial score (nSPS) is 14.6. The van der Waals surface area contributed by atoms with Gasteiger partial charge in [-0.15, -0.1) is 0 Å². The second kappa shape index (κ2) is 8.65. The van der Waals surface area contributed by atoms with Crippen molar-refractivity contribution in [3.63, 3.8) is 0 Å². The minimum Gasteiger partial charge on any atom is -0.376 e. The molecule has 28 heavy (non-hydrogen) atoms. The summed E-state index contributed by atoms with van der Waals surface area (Å²) < 4.78 is 0. The van der Waals surface area contributed by atoms with Crippen molar-refractivity contribution >= 4 is 34.8 Å². The van der Waals surface area contributed by atoms with E-state index in [9.17, 15) is 9.59 Å². The maximum atomic E-state index is 12.8. The number of likely N-dealkylation sites (tertiary alicyclic amines) is 1. The first-order chi connectivity index (χ1) is 13.4. The molecular formula is C22H26ClN3O2. The predicted octanol–water partition coefficient (Wildman–Crippen LogP) is 4.21. The highest BCUT2D eigenvalue weighted by Gasteiger charge is 2.28. The molecule has 1 heterocycles. The van der Waals surface area contributed by atoms with E-state index in [1.807, 2.05) is 67.2 Å². The summed E-state index contributed by atoms with van der Waals surface area (Å²) in [6.07, 6.45) is 1.31. The van der Waals surface area contributed by atoms with E-state index in [1.165, 1.54) is 0 Å². The molecule has 1 N–H and O–H groups in total. The lowest BCUT2D eigenvalue weighted by atomic mass is 9.95. The minimum atomic E-state index is -0.116. The summed E-state index contributed by atoms with van der Waals surface area (Å²) >= 11 is 6.10. The quantitative estimate of drug-likeness (QED) is 0.838. The number of carbonyl (C=O) groups is 2. The van der Waals surface area contributed by atoms with Crippen LogP contribution in [-0.2, 0) is 4.79 Å². The van der Waals surface area contributed by atoms with E-state index < -0.39 is 0 Å². The lowest BCUT2D eigenvalue weighted by Gasteiger charge is -2.32. The zero-order chi connectivity index (χ0) is 20.3. The number of carbonyl (C=O) groups excluding carboxylic acids is 2. The summed E-state index contributed by atoms with van der Waals surface area (Å²) in [5, 5.41) is 3.60. The standard InChI is InChI=1S/C22H26ClN3O2/c1-15-6-4-5-7-18(15)22(28)26-12-10-16(11-13-26)21(27)24-19-14-17(23)8-9-20(19)25(2)3/h4-9,14,16H,10-13H2,1-3H3,(H,24,27). The summed E-state index contributed by atoms with van der Waals surface area (Å²) in [6, 6.07) is 13.1. The highest BCUT2D eigenvalue weighted by Crippen LogP contribution is 2.29. The number of nitrogens with zero attached hydrogens (tertiary/aromatic N) is 2. The second-order valence-corrected chi connectivity index (χ2v) is 7.86. The van der Waals surface area contributed by atoms with Gasteiger partial charge in [0.2, 0.25) is 5.91 Å². The average Bonchev–Trinajstić information content (AvgIpc) is 2.68. The van der Waals surface area contributed by atoms with E-state index in [2.05, 4.69) is 5.32 Å². The van der Waals surface area contributed by atoms with Crippen LogP contribution in [0.4, 0.5) is 11.4 Å². The van der Waals surface area contributed by atoms with Gasteiger partial charge >= 0.3 is 0 Å². The van der Waals surface area contributed by atoms with Crippen molar-refractivity contribution in [2.75, 3.05) is 37.4 Å². The Morgan fingerprint density at radius 2 is 1.79 bits per heavy atom. The maximum Gasteiger partial charge on any atom is 0.254 e. The number of rotatable bonds is 4. The summed E-state index contributed by atoms with van der Waals surface area (Å²) in [6.45, 7) is 3.11. The van der Waals surface area contributed by atoms with Gasteiger partial charge in [0.1, 0.15) is 0 Å². The molecule has 0 saturated carbocycles. The number of nitrogens with one attached hydrogen (secondary N) is 1. The third-order valence-corrected chi connectivity index (χ3v) is 5.46. The van der Waals surface area contributed by atoms with E-state index in [-0.39, 0.29) is 17.7 Å². The first-order valence-corrected chi connectivity index (χ1v) is 9.87. The molecule has 1 saturated heterocycles. The SMILES string of the molecule is Cc1ccccc1C(=O)N1CCC(C(=O)Nc2cc(Cl)ccc2N(C)C)CC1. The van der Waals surface area contributed by atoms with Crippen LogP contribution in [-0.4, -0.2) is 43.9 Å². The number of halogens is 1. The fourth-order valence-electron chi connectivity index (χ4n) is 3.56. The Hall–Kier alpha value is -2.53. The fraction of sp³-hybridized carbons (Fsp3) is 0.364. The molecule has 148 valence electrons. The van der Waals surface area contributed by atoms with Crippen LogP contribution in [0.2, 0.25) is 5.02 Å². The molecule has 0 bridgehead atoms. The van der Waals surface area contributed by atoms with Crippen molar-refractivity contribution in [1.82, 2.24) is 4.90 Å². The fourth-order valence-corrected chi connectivity index (χ4v) is 3.73. The summed E-state index contributed by atoms with van der Waals surface area (Å²) in [7, 11) is 3.85. The van der Waals surface area contributed by atoms with Crippen LogP contribution in [0.5, 0.6) is 0 Å². The van der Waals surface area contributed by atoms with E-state index in [4.69, 9.17) is 11.6 Å². The molecule has 2 aromatic rings. The second-order valence-electron chi connectivity index (χ2n) is 7.43. The Balaban J connectivity index is 1.62. The zero-order valence-electron chi connectivity index (χ0n) is 16.5. The molecule has 2 amide bonds.